The van der Waals surface area contributed by atoms with Crippen LogP contribution >= 0.6 is 11.6 Å². The van der Waals surface area contributed by atoms with E-state index in [1.165, 1.54) is 0 Å². The van der Waals surface area contributed by atoms with E-state index in [1.54, 1.807) is 36.6 Å². The monoisotopic (exact) mass is 409 g/mol. The number of alkyl carbamates (subject to hydrolysis) is 1. The van der Waals surface area contributed by atoms with Crippen molar-refractivity contribution in [1.82, 2.24) is 15.1 Å². The lowest BCUT2D eigenvalue weighted by atomic mass is 10.1. The third-order valence-corrected chi connectivity index (χ3v) is 4.65. The van der Waals surface area contributed by atoms with Crippen molar-refractivity contribution in [2.45, 2.75) is 39.2 Å². The number of carbonyl (C=O) groups is 3. The molecule has 0 unspecified atom stereocenters. The van der Waals surface area contributed by atoms with Crippen molar-refractivity contribution in [3.8, 4) is 0 Å². The standard InChI is InChI=1S/C20H28ClN3O4/c1-20(2,3)28-19(27)22-14-18(26)24-10-6-9-23(11-12-24)17(25)13-15-7-4-5-8-16(15)21/h4-5,7-8H,6,9-14H2,1-3H3,(H,22,27). The Labute approximate surface area is 171 Å². The van der Waals surface area contributed by atoms with E-state index in [4.69, 9.17) is 16.3 Å². The molecule has 8 heteroatoms. The van der Waals surface area contributed by atoms with Gasteiger partial charge >= 0.3 is 6.09 Å². The van der Waals surface area contributed by atoms with Crippen LogP contribution in [0.25, 0.3) is 0 Å². The highest BCUT2D eigenvalue weighted by Gasteiger charge is 2.23. The zero-order chi connectivity index (χ0) is 20.7. The molecule has 1 N–H and O–H groups in total. The first-order chi connectivity index (χ1) is 13.2. The molecule has 1 heterocycles. The van der Waals surface area contributed by atoms with Gasteiger partial charge in [0.25, 0.3) is 0 Å². The number of rotatable bonds is 4. The van der Waals surface area contributed by atoms with Gasteiger partial charge in [-0.25, -0.2) is 4.79 Å². The molecular weight excluding hydrogens is 382 g/mol. The highest BCUT2D eigenvalue weighted by molar-refractivity contribution is 6.31. The van der Waals surface area contributed by atoms with Crippen molar-refractivity contribution in [2.75, 3.05) is 32.7 Å². The summed E-state index contributed by atoms with van der Waals surface area (Å²) in [6, 6.07) is 7.30. The third kappa shape index (κ3) is 7.03. The fraction of sp³-hybridized carbons (Fsp3) is 0.550. The average molecular weight is 410 g/mol. The van der Waals surface area contributed by atoms with Crippen LogP contribution in [0.2, 0.25) is 5.02 Å². The third-order valence-electron chi connectivity index (χ3n) is 4.28. The normalized spacial score (nSPS) is 15.0. The van der Waals surface area contributed by atoms with E-state index >= 15 is 0 Å². The summed E-state index contributed by atoms with van der Waals surface area (Å²) in [6.07, 6.45) is 0.312. The quantitative estimate of drug-likeness (QED) is 0.828. The van der Waals surface area contributed by atoms with E-state index in [0.29, 0.717) is 37.6 Å². The fourth-order valence-corrected chi connectivity index (χ4v) is 3.11. The number of nitrogens with zero attached hydrogens (tertiary/aromatic N) is 2. The van der Waals surface area contributed by atoms with E-state index in [-0.39, 0.29) is 24.8 Å². The predicted molar refractivity (Wildman–Crippen MR) is 107 cm³/mol. The van der Waals surface area contributed by atoms with Crippen LogP contribution in [0.15, 0.2) is 24.3 Å². The molecule has 0 aromatic heterocycles. The molecule has 0 aliphatic carbocycles. The molecule has 1 saturated heterocycles. The van der Waals surface area contributed by atoms with E-state index in [0.717, 1.165) is 5.56 Å². The topological polar surface area (TPSA) is 79.0 Å². The minimum atomic E-state index is -0.618. The minimum absolute atomic E-state index is 0.00530. The summed E-state index contributed by atoms with van der Waals surface area (Å²) in [6.45, 7) is 7.19. The number of amides is 3. The second kappa shape index (κ2) is 9.78. The van der Waals surface area contributed by atoms with Crippen LogP contribution < -0.4 is 5.32 Å². The van der Waals surface area contributed by atoms with Gasteiger partial charge in [-0.3, -0.25) is 9.59 Å². The molecule has 1 fully saturated rings. The zero-order valence-corrected chi connectivity index (χ0v) is 17.4. The van der Waals surface area contributed by atoms with Crippen molar-refractivity contribution in [1.29, 1.82) is 0 Å². The summed E-state index contributed by atoms with van der Waals surface area (Å²) in [7, 11) is 0. The summed E-state index contributed by atoms with van der Waals surface area (Å²) < 4.78 is 5.13. The first-order valence-electron chi connectivity index (χ1n) is 9.41. The SMILES string of the molecule is CC(C)(C)OC(=O)NCC(=O)N1CCCN(C(=O)Cc2ccccc2Cl)CC1. The Hall–Kier alpha value is -2.28. The van der Waals surface area contributed by atoms with E-state index in [2.05, 4.69) is 5.32 Å². The van der Waals surface area contributed by atoms with Crippen LogP contribution in [0, 0.1) is 0 Å². The summed E-state index contributed by atoms with van der Waals surface area (Å²) >= 11 is 6.14. The Kier molecular flexibility index (Phi) is 7.69. The number of ether oxygens (including phenoxy) is 1. The minimum Gasteiger partial charge on any atom is -0.444 e. The van der Waals surface area contributed by atoms with Gasteiger partial charge in [0.05, 0.1) is 6.42 Å². The van der Waals surface area contributed by atoms with Crippen LogP contribution in [0.1, 0.15) is 32.8 Å². The summed E-state index contributed by atoms with van der Waals surface area (Å²) in [4.78, 5) is 40.1. The van der Waals surface area contributed by atoms with Crippen molar-refractivity contribution < 1.29 is 19.1 Å². The number of hydrogen-bond acceptors (Lipinski definition) is 4. The van der Waals surface area contributed by atoms with Crippen LogP contribution in [-0.2, 0) is 20.7 Å². The van der Waals surface area contributed by atoms with E-state index in [1.807, 2.05) is 18.2 Å². The second-order valence-corrected chi connectivity index (χ2v) is 8.15. The Morgan fingerprint density at radius 3 is 2.25 bits per heavy atom. The van der Waals surface area contributed by atoms with Crippen molar-refractivity contribution >= 4 is 29.5 Å². The molecule has 1 aliphatic rings. The van der Waals surface area contributed by atoms with Crippen molar-refractivity contribution in [3.63, 3.8) is 0 Å². The summed E-state index contributed by atoms with van der Waals surface area (Å²) in [5.74, 6) is -0.194. The molecule has 0 atom stereocenters. The zero-order valence-electron chi connectivity index (χ0n) is 16.7. The van der Waals surface area contributed by atoms with Crippen molar-refractivity contribution in [3.05, 3.63) is 34.9 Å². The van der Waals surface area contributed by atoms with Crippen molar-refractivity contribution in [2.24, 2.45) is 0 Å². The molecule has 2 rings (SSSR count). The molecule has 0 spiro atoms. The summed E-state index contributed by atoms with van der Waals surface area (Å²) in [5, 5.41) is 3.06. The maximum atomic E-state index is 12.6. The van der Waals surface area contributed by atoms with E-state index in [9.17, 15) is 14.4 Å². The molecule has 1 aromatic carbocycles. The molecule has 154 valence electrons. The number of nitrogens with one attached hydrogen (secondary N) is 1. The lowest BCUT2D eigenvalue weighted by Crippen LogP contribution is -2.43. The molecule has 3 amide bonds. The Balaban J connectivity index is 1.82. The molecule has 1 aromatic rings. The molecule has 0 saturated carbocycles. The first-order valence-corrected chi connectivity index (χ1v) is 9.79. The van der Waals surface area contributed by atoms with Crippen LogP contribution in [-0.4, -0.2) is 66.0 Å². The number of hydrogen-bond donors (Lipinski definition) is 1. The molecular formula is C20H28ClN3O4. The fourth-order valence-electron chi connectivity index (χ4n) is 2.91. The van der Waals surface area contributed by atoms with Crippen LogP contribution in [0.4, 0.5) is 4.79 Å². The molecule has 28 heavy (non-hydrogen) atoms. The number of carbonyl (C=O) groups excluding carboxylic acids is 3. The first kappa shape index (κ1) is 22.0. The van der Waals surface area contributed by atoms with Gasteiger partial charge in [-0.15, -0.1) is 0 Å². The number of halogens is 1. The predicted octanol–water partition coefficient (Wildman–Crippen LogP) is 2.47. The van der Waals surface area contributed by atoms with Gasteiger partial charge in [-0.1, -0.05) is 29.8 Å². The molecule has 0 radical (unpaired) electrons. The molecule has 0 bridgehead atoms. The smallest absolute Gasteiger partial charge is 0.408 e. The van der Waals surface area contributed by atoms with Gasteiger partial charge in [-0.05, 0) is 38.8 Å². The van der Waals surface area contributed by atoms with Crippen LogP contribution in [0.5, 0.6) is 0 Å². The largest absolute Gasteiger partial charge is 0.444 e. The van der Waals surface area contributed by atoms with Gasteiger partial charge in [0.2, 0.25) is 11.8 Å². The highest BCUT2D eigenvalue weighted by atomic mass is 35.5. The Morgan fingerprint density at radius 1 is 1.04 bits per heavy atom. The maximum absolute atomic E-state index is 12.6. The van der Waals surface area contributed by atoms with Gasteiger partial charge in [0.1, 0.15) is 12.1 Å². The maximum Gasteiger partial charge on any atom is 0.408 e. The van der Waals surface area contributed by atoms with E-state index < -0.39 is 11.7 Å². The van der Waals surface area contributed by atoms with Gasteiger partial charge in [0, 0.05) is 31.2 Å². The second-order valence-electron chi connectivity index (χ2n) is 7.74. The Bertz CT molecular complexity index is 718. The van der Waals surface area contributed by atoms with Gasteiger partial charge < -0.3 is 19.9 Å². The average Bonchev–Trinajstić information content (AvgIpc) is 2.86. The van der Waals surface area contributed by atoms with Gasteiger partial charge in [0.15, 0.2) is 0 Å². The Morgan fingerprint density at radius 2 is 1.64 bits per heavy atom. The summed E-state index contributed by atoms with van der Waals surface area (Å²) in [5.41, 5.74) is 0.186. The lowest BCUT2D eigenvalue weighted by molar-refractivity contribution is -0.132. The number of benzene rings is 1. The lowest BCUT2D eigenvalue weighted by Gasteiger charge is -2.23. The van der Waals surface area contributed by atoms with Crippen LogP contribution in [0.3, 0.4) is 0 Å². The highest BCUT2D eigenvalue weighted by Crippen LogP contribution is 2.17. The molecule has 1 aliphatic heterocycles. The van der Waals surface area contributed by atoms with Gasteiger partial charge in [-0.2, -0.15) is 0 Å². The molecule has 7 nitrogen and oxygen atoms in total.